The molecule has 0 saturated heterocycles. The van der Waals surface area contributed by atoms with Crippen LogP contribution in [0, 0.1) is 6.92 Å². The van der Waals surface area contributed by atoms with E-state index in [1.54, 1.807) is 21.1 Å². The van der Waals surface area contributed by atoms with E-state index in [1.165, 1.54) is 5.56 Å². The van der Waals surface area contributed by atoms with Crippen LogP contribution in [-0.2, 0) is 17.6 Å². The third-order valence-electron chi connectivity index (χ3n) is 4.40. The maximum atomic E-state index is 12.8. The summed E-state index contributed by atoms with van der Waals surface area (Å²) in [6.45, 7) is 1.83. The summed E-state index contributed by atoms with van der Waals surface area (Å²) in [5.74, 6) is 1.44. The molecule has 1 aromatic heterocycles. The minimum absolute atomic E-state index is 0.137. The molecule has 3 aromatic rings. The molecule has 0 aliphatic heterocycles. The Kier molecular flexibility index (Phi) is 6.19. The predicted octanol–water partition coefficient (Wildman–Crippen LogP) is 3.75. The van der Waals surface area contributed by atoms with Crippen LogP contribution in [0.3, 0.4) is 0 Å². The Hall–Kier alpha value is -2.73. The molecule has 6 heteroatoms. The Labute approximate surface area is 163 Å². The van der Waals surface area contributed by atoms with E-state index in [-0.39, 0.29) is 11.5 Å². The van der Waals surface area contributed by atoms with Gasteiger partial charge >= 0.3 is 0 Å². The molecule has 0 unspecified atom stereocenters. The lowest BCUT2D eigenvalue weighted by Gasteiger charge is -2.07. The van der Waals surface area contributed by atoms with Gasteiger partial charge in [-0.1, -0.05) is 48.5 Å². The van der Waals surface area contributed by atoms with Crippen LogP contribution in [0.2, 0.25) is 0 Å². The third kappa shape index (κ3) is 4.52. The molecule has 0 bridgehead atoms. The first kappa shape index (κ1) is 19.0. The van der Waals surface area contributed by atoms with E-state index in [9.17, 15) is 9.59 Å². The highest BCUT2D eigenvalue weighted by Gasteiger charge is 2.17. The second-order valence-corrected chi connectivity index (χ2v) is 7.38. The van der Waals surface area contributed by atoms with Crippen molar-refractivity contribution in [2.24, 2.45) is 7.05 Å². The van der Waals surface area contributed by atoms with Crippen LogP contribution >= 0.6 is 11.8 Å². The summed E-state index contributed by atoms with van der Waals surface area (Å²) in [4.78, 5) is 25.1. The fourth-order valence-corrected chi connectivity index (χ4v) is 3.75. The van der Waals surface area contributed by atoms with Gasteiger partial charge in [0.05, 0.1) is 11.4 Å². The summed E-state index contributed by atoms with van der Waals surface area (Å²) >= 11 is 1.71. The van der Waals surface area contributed by atoms with Crippen molar-refractivity contribution in [3.8, 4) is 5.69 Å². The summed E-state index contributed by atoms with van der Waals surface area (Å²) in [6.07, 6.45) is 0.372. The Morgan fingerprint density at radius 3 is 2.33 bits per heavy atom. The van der Waals surface area contributed by atoms with E-state index < -0.39 is 0 Å². The summed E-state index contributed by atoms with van der Waals surface area (Å²) in [5.41, 5.74) is 2.87. The highest BCUT2D eigenvalue weighted by molar-refractivity contribution is 7.98. The van der Waals surface area contributed by atoms with Gasteiger partial charge < -0.3 is 5.32 Å². The highest BCUT2D eigenvalue weighted by atomic mass is 32.2. The lowest BCUT2D eigenvalue weighted by molar-refractivity contribution is -0.115. The average molecular weight is 382 g/mol. The first-order valence-corrected chi connectivity index (χ1v) is 9.99. The number of amides is 1. The third-order valence-corrected chi connectivity index (χ3v) is 5.43. The molecule has 2 aromatic carbocycles. The van der Waals surface area contributed by atoms with Crippen molar-refractivity contribution in [2.75, 3.05) is 11.1 Å². The number of carbonyl (C=O) groups is 1. The molecule has 5 nitrogen and oxygen atoms in total. The zero-order chi connectivity index (χ0) is 19.2. The van der Waals surface area contributed by atoms with E-state index in [0.29, 0.717) is 17.9 Å². The lowest BCUT2D eigenvalue weighted by Crippen LogP contribution is -2.23. The number of rotatable bonds is 7. The minimum atomic E-state index is -0.216. The van der Waals surface area contributed by atoms with E-state index in [2.05, 4.69) is 17.4 Å². The van der Waals surface area contributed by atoms with Crippen molar-refractivity contribution in [1.29, 1.82) is 0 Å². The van der Waals surface area contributed by atoms with Crippen LogP contribution in [0.5, 0.6) is 0 Å². The number of benzene rings is 2. The molecular formula is C21H23N3O2S. The molecule has 1 N–H and O–H groups in total. The predicted molar refractivity (Wildman–Crippen MR) is 112 cm³/mol. The summed E-state index contributed by atoms with van der Waals surface area (Å²) in [6, 6.07) is 19.6. The topological polar surface area (TPSA) is 56.0 Å². The lowest BCUT2D eigenvalue weighted by atomic mass is 10.2. The standard InChI is InChI=1S/C21H23N3O2S/c1-16-20(21(26)24(23(16)2)18-11-7-4-8-12-18)22-19(25)13-14-27-15-17-9-5-3-6-10-17/h3-12H,13-15H2,1-2H3,(H,22,25). The van der Waals surface area contributed by atoms with Gasteiger partial charge in [0.1, 0.15) is 5.69 Å². The Morgan fingerprint density at radius 1 is 1.04 bits per heavy atom. The molecule has 0 saturated carbocycles. The van der Waals surface area contributed by atoms with Gasteiger partial charge in [-0.05, 0) is 24.6 Å². The molecule has 1 amide bonds. The number of thioether (sulfide) groups is 1. The zero-order valence-electron chi connectivity index (χ0n) is 15.5. The number of hydrogen-bond donors (Lipinski definition) is 1. The van der Waals surface area contributed by atoms with Crippen LogP contribution in [0.1, 0.15) is 17.7 Å². The van der Waals surface area contributed by atoms with Crippen LogP contribution in [0.4, 0.5) is 5.69 Å². The highest BCUT2D eigenvalue weighted by Crippen LogP contribution is 2.16. The Balaban J connectivity index is 1.62. The van der Waals surface area contributed by atoms with Gasteiger partial charge in [0.2, 0.25) is 5.91 Å². The molecule has 0 aliphatic rings. The minimum Gasteiger partial charge on any atom is -0.320 e. The van der Waals surface area contributed by atoms with E-state index in [4.69, 9.17) is 0 Å². The Bertz CT molecular complexity index is 962. The maximum absolute atomic E-state index is 12.8. The number of nitrogens with one attached hydrogen (secondary N) is 1. The molecule has 1 heterocycles. The van der Waals surface area contributed by atoms with Crippen molar-refractivity contribution >= 4 is 23.4 Å². The van der Waals surface area contributed by atoms with Gasteiger partial charge in [-0.15, -0.1) is 0 Å². The normalized spacial score (nSPS) is 10.7. The molecule has 0 spiro atoms. The first-order chi connectivity index (χ1) is 13.1. The fourth-order valence-electron chi connectivity index (χ4n) is 2.84. The van der Waals surface area contributed by atoms with E-state index >= 15 is 0 Å². The molecule has 27 heavy (non-hydrogen) atoms. The first-order valence-electron chi connectivity index (χ1n) is 8.83. The number of nitrogens with zero attached hydrogens (tertiary/aromatic N) is 2. The quantitative estimate of drug-likeness (QED) is 0.634. The summed E-state index contributed by atoms with van der Waals surface area (Å²) in [7, 11) is 1.81. The average Bonchev–Trinajstić information content (AvgIpc) is 2.90. The van der Waals surface area contributed by atoms with Crippen molar-refractivity contribution in [3.63, 3.8) is 0 Å². The summed E-state index contributed by atoms with van der Waals surface area (Å²) in [5, 5.41) is 2.80. The molecule has 0 radical (unpaired) electrons. The van der Waals surface area contributed by atoms with Gasteiger partial charge in [-0.3, -0.25) is 14.3 Å². The SMILES string of the molecule is Cc1c(NC(=O)CCSCc2ccccc2)c(=O)n(-c2ccccc2)n1C. The van der Waals surface area contributed by atoms with Crippen molar-refractivity contribution in [1.82, 2.24) is 9.36 Å². The van der Waals surface area contributed by atoms with Crippen LogP contribution < -0.4 is 10.9 Å². The molecule has 0 aliphatic carbocycles. The van der Waals surface area contributed by atoms with Gasteiger partial charge in [0, 0.05) is 25.0 Å². The maximum Gasteiger partial charge on any atom is 0.295 e. The molecule has 0 atom stereocenters. The van der Waals surface area contributed by atoms with E-state index in [0.717, 1.165) is 17.1 Å². The van der Waals surface area contributed by atoms with Gasteiger partial charge in [-0.2, -0.15) is 11.8 Å². The fraction of sp³-hybridized carbons (Fsp3) is 0.238. The number of aromatic nitrogens is 2. The van der Waals surface area contributed by atoms with Crippen molar-refractivity contribution in [2.45, 2.75) is 19.1 Å². The zero-order valence-corrected chi connectivity index (χ0v) is 16.3. The molecule has 0 fully saturated rings. The van der Waals surface area contributed by atoms with E-state index in [1.807, 2.05) is 62.5 Å². The van der Waals surface area contributed by atoms with Gasteiger partial charge in [-0.25, -0.2) is 4.68 Å². The molecular weight excluding hydrogens is 358 g/mol. The second-order valence-electron chi connectivity index (χ2n) is 6.27. The van der Waals surface area contributed by atoms with Gasteiger partial charge in [0.25, 0.3) is 5.56 Å². The number of anilines is 1. The molecule has 140 valence electrons. The summed E-state index contributed by atoms with van der Waals surface area (Å²) < 4.78 is 3.33. The number of para-hydroxylation sites is 1. The van der Waals surface area contributed by atoms with Crippen LogP contribution in [-0.4, -0.2) is 21.0 Å². The number of hydrogen-bond acceptors (Lipinski definition) is 3. The molecule has 3 rings (SSSR count). The van der Waals surface area contributed by atoms with Crippen LogP contribution in [0.15, 0.2) is 65.5 Å². The second kappa shape index (κ2) is 8.77. The monoisotopic (exact) mass is 381 g/mol. The largest absolute Gasteiger partial charge is 0.320 e. The van der Waals surface area contributed by atoms with Gasteiger partial charge in [0.15, 0.2) is 0 Å². The van der Waals surface area contributed by atoms with Crippen molar-refractivity contribution < 1.29 is 4.79 Å². The smallest absolute Gasteiger partial charge is 0.295 e. The van der Waals surface area contributed by atoms with Crippen molar-refractivity contribution in [3.05, 3.63) is 82.3 Å². The number of carbonyl (C=O) groups excluding carboxylic acids is 1. The van der Waals surface area contributed by atoms with Crippen LogP contribution in [0.25, 0.3) is 5.69 Å². The Morgan fingerprint density at radius 2 is 1.67 bits per heavy atom.